The molecule has 24 heavy (non-hydrogen) atoms. The average molecular weight is 368 g/mol. The van der Waals surface area contributed by atoms with Crippen LogP contribution in [0.25, 0.3) is 0 Å². The zero-order chi connectivity index (χ0) is 17.1. The summed E-state index contributed by atoms with van der Waals surface area (Å²) in [6.45, 7) is 2.22. The second kappa shape index (κ2) is 7.20. The molecule has 0 fully saturated rings. The van der Waals surface area contributed by atoms with Crippen LogP contribution in [0, 0.1) is 0 Å². The zero-order valence-corrected chi connectivity index (χ0v) is 14.4. The molecule has 1 N–H and O–H groups in total. The fourth-order valence-corrected chi connectivity index (χ4v) is 2.54. The predicted molar refractivity (Wildman–Crippen MR) is 91.0 cm³/mol. The second-order valence-corrected chi connectivity index (χ2v) is 6.00. The van der Waals surface area contributed by atoms with E-state index in [1.54, 1.807) is 25.1 Å². The second-order valence-electron chi connectivity index (χ2n) is 5.22. The summed E-state index contributed by atoms with van der Waals surface area (Å²) in [4.78, 5) is 12.2. The van der Waals surface area contributed by atoms with E-state index in [2.05, 4.69) is 5.32 Å². The monoisotopic (exact) mass is 367 g/mol. The zero-order valence-electron chi connectivity index (χ0n) is 12.8. The van der Waals surface area contributed by atoms with Gasteiger partial charge in [-0.1, -0.05) is 35.3 Å². The highest BCUT2D eigenvalue weighted by atomic mass is 35.5. The first-order chi connectivity index (χ1) is 11.5. The van der Waals surface area contributed by atoms with E-state index < -0.39 is 6.10 Å². The number of halogens is 2. The Bertz CT molecular complexity index is 766. The van der Waals surface area contributed by atoms with Gasteiger partial charge in [0, 0.05) is 6.54 Å². The third-order valence-electron chi connectivity index (χ3n) is 3.49. The van der Waals surface area contributed by atoms with Gasteiger partial charge in [0.15, 0.2) is 17.6 Å². The highest BCUT2D eigenvalue weighted by Gasteiger charge is 2.18. The van der Waals surface area contributed by atoms with Crippen molar-refractivity contribution in [1.82, 2.24) is 5.32 Å². The average Bonchev–Trinajstić information content (AvgIpc) is 3.04. The van der Waals surface area contributed by atoms with Crippen LogP contribution in [-0.4, -0.2) is 18.8 Å². The quantitative estimate of drug-likeness (QED) is 0.872. The molecular formula is C17H15Cl2NO4. The van der Waals surface area contributed by atoms with Gasteiger partial charge in [-0.25, -0.2) is 0 Å². The lowest BCUT2D eigenvalue weighted by atomic mass is 10.2. The molecule has 0 saturated heterocycles. The maximum atomic E-state index is 12.2. The van der Waals surface area contributed by atoms with Crippen LogP contribution in [-0.2, 0) is 11.3 Å². The minimum Gasteiger partial charge on any atom is -0.479 e. The van der Waals surface area contributed by atoms with Crippen LogP contribution in [0.1, 0.15) is 12.5 Å². The number of hydrogen-bond donors (Lipinski definition) is 1. The standard InChI is InChI=1S/C17H15Cl2NO4/c1-10(24-14-4-2-3-12(18)16(14)19)17(21)20-8-11-5-6-13-15(7-11)23-9-22-13/h2-7,10H,8-9H2,1H3,(H,20,21)/t10-/m1/s1. The molecule has 2 aromatic rings. The Balaban J connectivity index is 1.57. The van der Waals surface area contributed by atoms with Gasteiger partial charge in [-0.15, -0.1) is 0 Å². The lowest BCUT2D eigenvalue weighted by Gasteiger charge is -2.16. The molecule has 1 heterocycles. The van der Waals surface area contributed by atoms with E-state index in [9.17, 15) is 4.79 Å². The van der Waals surface area contributed by atoms with Gasteiger partial charge in [0.05, 0.1) is 5.02 Å². The Hall–Kier alpha value is -2.11. The minimum absolute atomic E-state index is 0.219. The fraction of sp³-hybridized carbons (Fsp3) is 0.235. The molecule has 1 aliphatic heterocycles. The number of hydrogen-bond acceptors (Lipinski definition) is 4. The van der Waals surface area contributed by atoms with Crippen molar-refractivity contribution in [2.24, 2.45) is 0 Å². The van der Waals surface area contributed by atoms with Crippen molar-refractivity contribution in [1.29, 1.82) is 0 Å². The van der Waals surface area contributed by atoms with E-state index in [-0.39, 0.29) is 17.7 Å². The van der Waals surface area contributed by atoms with Crippen molar-refractivity contribution in [2.75, 3.05) is 6.79 Å². The number of nitrogens with one attached hydrogen (secondary N) is 1. The van der Waals surface area contributed by atoms with Crippen LogP contribution in [0.4, 0.5) is 0 Å². The summed E-state index contributed by atoms with van der Waals surface area (Å²) in [5.41, 5.74) is 0.903. The molecule has 0 spiro atoms. The first kappa shape index (κ1) is 16.7. The lowest BCUT2D eigenvalue weighted by molar-refractivity contribution is -0.127. The predicted octanol–water partition coefficient (Wildman–Crippen LogP) is 3.81. The van der Waals surface area contributed by atoms with Crippen LogP contribution in [0.15, 0.2) is 36.4 Å². The molecule has 0 saturated carbocycles. The summed E-state index contributed by atoms with van der Waals surface area (Å²) in [5.74, 6) is 1.49. The Morgan fingerprint density at radius 2 is 2.04 bits per heavy atom. The molecule has 126 valence electrons. The highest BCUT2D eigenvalue weighted by molar-refractivity contribution is 6.42. The Kier molecular flexibility index (Phi) is 5.02. The number of carbonyl (C=O) groups excluding carboxylic acids is 1. The molecule has 7 heteroatoms. The Morgan fingerprint density at radius 3 is 2.88 bits per heavy atom. The lowest BCUT2D eigenvalue weighted by Crippen LogP contribution is -2.35. The van der Waals surface area contributed by atoms with Crippen molar-refractivity contribution in [3.05, 3.63) is 52.0 Å². The first-order valence-electron chi connectivity index (χ1n) is 7.31. The summed E-state index contributed by atoms with van der Waals surface area (Å²) in [7, 11) is 0. The van der Waals surface area contributed by atoms with Crippen molar-refractivity contribution < 1.29 is 19.0 Å². The van der Waals surface area contributed by atoms with Gasteiger partial charge in [0.2, 0.25) is 6.79 Å². The largest absolute Gasteiger partial charge is 0.479 e. The van der Waals surface area contributed by atoms with E-state index in [1.165, 1.54) is 0 Å². The molecule has 0 bridgehead atoms. The van der Waals surface area contributed by atoms with Crippen molar-refractivity contribution in [3.63, 3.8) is 0 Å². The van der Waals surface area contributed by atoms with Crippen LogP contribution in [0.5, 0.6) is 17.2 Å². The van der Waals surface area contributed by atoms with Crippen molar-refractivity contribution in [3.8, 4) is 17.2 Å². The van der Waals surface area contributed by atoms with Gasteiger partial charge < -0.3 is 19.5 Å². The third-order valence-corrected chi connectivity index (χ3v) is 4.29. The van der Waals surface area contributed by atoms with E-state index >= 15 is 0 Å². The fourth-order valence-electron chi connectivity index (χ4n) is 2.20. The van der Waals surface area contributed by atoms with Gasteiger partial charge in [-0.3, -0.25) is 4.79 Å². The molecule has 0 aliphatic carbocycles. The summed E-state index contributed by atoms with van der Waals surface area (Å²) < 4.78 is 16.1. The van der Waals surface area contributed by atoms with Gasteiger partial charge in [0.25, 0.3) is 5.91 Å². The minimum atomic E-state index is -0.713. The summed E-state index contributed by atoms with van der Waals surface area (Å²) in [6, 6.07) is 10.5. The number of ether oxygens (including phenoxy) is 3. The van der Waals surface area contributed by atoms with E-state index in [1.807, 2.05) is 18.2 Å². The molecule has 1 amide bonds. The van der Waals surface area contributed by atoms with Crippen LogP contribution >= 0.6 is 23.2 Å². The van der Waals surface area contributed by atoms with E-state index in [0.29, 0.717) is 28.8 Å². The van der Waals surface area contributed by atoms with Gasteiger partial charge in [-0.05, 0) is 36.8 Å². The molecule has 0 radical (unpaired) electrons. The van der Waals surface area contributed by atoms with Gasteiger partial charge in [0.1, 0.15) is 10.8 Å². The number of carbonyl (C=O) groups is 1. The number of rotatable bonds is 5. The van der Waals surface area contributed by atoms with E-state index in [0.717, 1.165) is 5.56 Å². The molecule has 0 aromatic heterocycles. The summed E-state index contributed by atoms with van der Waals surface area (Å²) >= 11 is 12.0. The van der Waals surface area contributed by atoms with Crippen LogP contribution in [0.2, 0.25) is 10.0 Å². The van der Waals surface area contributed by atoms with E-state index in [4.69, 9.17) is 37.4 Å². The van der Waals surface area contributed by atoms with Gasteiger partial charge >= 0.3 is 0 Å². The number of amides is 1. The molecule has 5 nitrogen and oxygen atoms in total. The molecule has 3 rings (SSSR count). The smallest absolute Gasteiger partial charge is 0.261 e. The van der Waals surface area contributed by atoms with Crippen molar-refractivity contribution >= 4 is 29.1 Å². The number of fused-ring (bicyclic) bond motifs is 1. The molecule has 0 unspecified atom stereocenters. The van der Waals surface area contributed by atoms with Crippen molar-refractivity contribution in [2.45, 2.75) is 19.6 Å². The topological polar surface area (TPSA) is 56.8 Å². The third kappa shape index (κ3) is 3.68. The normalized spacial score (nSPS) is 13.5. The molecule has 2 aromatic carbocycles. The highest BCUT2D eigenvalue weighted by Crippen LogP contribution is 2.33. The Morgan fingerprint density at radius 1 is 1.25 bits per heavy atom. The van der Waals surface area contributed by atoms with Gasteiger partial charge in [-0.2, -0.15) is 0 Å². The maximum absolute atomic E-state index is 12.2. The molecule has 1 aliphatic rings. The summed E-state index contributed by atoms with van der Waals surface area (Å²) in [6.07, 6.45) is -0.713. The maximum Gasteiger partial charge on any atom is 0.261 e. The molecule has 1 atom stereocenters. The first-order valence-corrected chi connectivity index (χ1v) is 8.07. The van der Waals surface area contributed by atoms with Crippen LogP contribution < -0.4 is 19.5 Å². The summed E-state index contributed by atoms with van der Waals surface area (Å²) in [5, 5.41) is 3.47. The SMILES string of the molecule is C[C@@H](Oc1cccc(Cl)c1Cl)C(=O)NCc1ccc2c(c1)OCO2. The Labute approximate surface area is 149 Å². The molecular weight excluding hydrogens is 353 g/mol. The van der Waals surface area contributed by atoms with Crippen LogP contribution in [0.3, 0.4) is 0 Å². The number of benzene rings is 2.